The van der Waals surface area contributed by atoms with Gasteiger partial charge in [-0.25, -0.2) is 0 Å². The fraction of sp³-hybridized carbons (Fsp3) is 0.250. The molecule has 0 fully saturated rings. The van der Waals surface area contributed by atoms with Crippen molar-refractivity contribution >= 4 is 0 Å². The number of phenols is 1. The van der Waals surface area contributed by atoms with Gasteiger partial charge in [-0.2, -0.15) is 0 Å². The van der Waals surface area contributed by atoms with E-state index in [9.17, 15) is 5.11 Å². The molecule has 0 bridgehead atoms. The summed E-state index contributed by atoms with van der Waals surface area (Å²) in [4.78, 5) is 0. The van der Waals surface area contributed by atoms with Crippen molar-refractivity contribution in [1.29, 1.82) is 0 Å². The summed E-state index contributed by atoms with van der Waals surface area (Å²) in [5, 5.41) is 9.76. The zero-order chi connectivity index (χ0) is 12.8. The first-order valence-electron chi connectivity index (χ1n) is 6.32. The molecule has 2 aromatic carbocycles. The standard InChI is InChI=1S/C16H18O2/c1-2-3-11-18-16-12-14(9-10-15(16)17)13-7-5-4-6-8-13/h4-10,12,17H,2-3,11H2,1H3. The lowest BCUT2D eigenvalue weighted by Crippen LogP contribution is -1.96. The van der Waals surface area contributed by atoms with Gasteiger partial charge in [0.1, 0.15) is 0 Å². The summed E-state index contributed by atoms with van der Waals surface area (Å²) >= 11 is 0. The molecule has 0 aliphatic heterocycles. The Morgan fingerprint density at radius 3 is 2.50 bits per heavy atom. The second kappa shape index (κ2) is 6.10. The number of hydrogen-bond acceptors (Lipinski definition) is 2. The highest BCUT2D eigenvalue weighted by Crippen LogP contribution is 2.31. The van der Waals surface area contributed by atoms with Gasteiger partial charge < -0.3 is 9.84 Å². The predicted molar refractivity (Wildman–Crippen MR) is 73.9 cm³/mol. The second-order valence-electron chi connectivity index (χ2n) is 4.25. The molecule has 0 radical (unpaired) electrons. The molecule has 0 aliphatic carbocycles. The first kappa shape index (κ1) is 12.5. The van der Waals surface area contributed by atoms with Crippen molar-refractivity contribution in [3.05, 3.63) is 48.5 Å². The van der Waals surface area contributed by atoms with Crippen molar-refractivity contribution in [1.82, 2.24) is 0 Å². The van der Waals surface area contributed by atoms with Gasteiger partial charge >= 0.3 is 0 Å². The molecule has 0 unspecified atom stereocenters. The minimum atomic E-state index is 0.200. The van der Waals surface area contributed by atoms with E-state index < -0.39 is 0 Å². The molecule has 2 nitrogen and oxygen atoms in total. The van der Waals surface area contributed by atoms with Crippen LogP contribution in [0.4, 0.5) is 0 Å². The van der Waals surface area contributed by atoms with Gasteiger partial charge in [-0.05, 0) is 29.7 Å². The number of benzene rings is 2. The molecule has 2 heteroatoms. The monoisotopic (exact) mass is 242 g/mol. The Hall–Kier alpha value is -1.96. The van der Waals surface area contributed by atoms with Gasteiger partial charge in [0, 0.05) is 0 Å². The SMILES string of the molecule is CCCCOc1cc(-c2ccccc2)ccc1O. The van der Waals surface area contributed by atoms with Crippen LogP contribution in [-0.4, -0.2) is 11.7 Å². The van der Waals surface area contributed by atoms with Gasteiger partial charge in [0.05, 0.1) is 6.61 Å². The largest absolute Gasteiger partial charge is 0.504 e. The van der Waals surface area contributed by atoms with E-state index in [1.807, 2.05) is 42.5 Å². The van der Waals surface area contributed by atoms with E-state index in [0.717, 1.165) is 24.0 Å². The molecule has 18 heavy (non-hydrogen) atoms. The minimum absolute atomic E-state index is 0.200. The van der Waals surface area contributed by atoms with Crippen LogP contribution >= 0.6 is 0 Å². The van der Waals surface area contributed by atoms with E-state index in [-0.39, 0.29) is 5.75 Å². The van der Waals surface area contributed by atoms with Crippen molar-refractivity contribution in [2.75, 3.05) is 6.61 Å². The Labute approximate surface area is 108 Å². The molecule has 0 saturated carbocycles. The highest BCUT2D eigenvalue weighted by molar-refractivity contribution is 5.66. The summed E-state index contributed by atoms with van der Waals surface area (Å²) in [6.45, 7) is 2.76. The first-order valence-corrected chi connectivity index (χ1v) is 6.32. The Bertz CT molecular complexity index is 492. The molecule has 2 rings (SSSR count). The maximum Gasteiger partial charge on any atom is 0.161 e. The third kappa shape index (κ3) is 3.04. The zero-order valence-corrected chi connectivity index (χ0v) is 10.6. The lowest BCUT2D eigenvalue weighted by Gasteiger charge is -2.09. The van der Waals surface area contributed by atoms with Crippen molar-refractivity contribution < 1.29 is 9.84 Å². The van der Waals surface area contributed by atoms with Crippen LogP contribution in [0.3, 0.4) is 0 Å². The van der Waals surface area contributed by atoms with Crippen molar-refractivity contribution in [2.45, 2.75) is 19.8 Å². The molecule has 1 N–H and O–H groups in total. The van der Waals surface area contributed by atoms with Crippen LogP contribution in [0.5, 0.6) is 11.5 Å². The topological polar surface area (TPSA) is 29.5 Å². The normalized spacial score (nSPS) is 10.3. The number of phenolic OH excluding ortho intramolecular Hbond substituents is 1. The van der Waals surface area contributed by atoms with E-state index in [4.69, 9.17) is 4.74 Å². The van der Waals surface area contributed by atoms with Gasteiger partial charge in [0.25, 0.3) is 0 Å². The number of rotatable bonds is 5. The van der Waals surface area contributed by atoms with Crippen molar-refractivity contribution in [2.24, 2.45) is 0 Å². The van der Waals surface area contributed by atoms with Crippen molar-refractivity contribution in [3.63, 3.8) is 0 Å². The summed E-state index contributed by atoms with van der Waals surface area (Å²) in [6.07, 6.45) is 2.08. The number of unbranched alkanes of at least 4 members (excludes halogenated alkanes) is 1. The van der Waals surface area contributed by atoms with Gasteiger partial charge in [-0.3, -0.25) is 0 Å². The maximum atomic E-state index is 9.76. The van der Waals surface area contributed by atoms with E-state index in [1.165, 1.54) is 0 Å². The molecule has 0 saturated heterocycles. The number of hydrogen-bond donors (Lipinski definition) is 1. The molecule has 0 aromatic heterocycles. The fourth-order valence-electron chi connectivity index (χ4n) is 1.77. The summed E-state index contributed by atoms with van der Waals surface area (Å²) < 4.78 is 5.59. The lowest BCUT2D eigenvalue weighted by molar-refractivity contribution is 0.293. The quantitative estimate of drug-likeness (QED) is 0.795. The van der Waals surface area contributed by atoms with E-state index in [0.29, 0.717) is 12.4 Å². The molecule has 2 aromatic rings. The molecular weight excluding hydrogens is 224 g/mol. The molecule has 0 aliphatic rings. The van der Waals surface area contributed by atoms with Crippen LogP contribution in [0.2, 0.25) is 0 Å². The van der Waals surface area contributed by atoms with Crippen molar-refractivity contribution in [3.8, 4) is 22.6 Å². The Morgan fingerprint density at radius 2 is 1.78 bits per heavy atom. The zero-order valence-electron chi connectivity index (χ0n) is 10.6. The van der Waals surface area contributed by atoms with Gasteiger partial charge in [0.2, 0.25) is 0 Å². The number of ether oxygens (including phenoxy) is 1. The van der Waals surface area contributed by atoms with Crippen LogP contribution < -0.4 is 4.74 Å². The summed E-state index contributed by atoms with van der Waals surface area (Å²) in [5.41, 5.74) is 2.18. The Balaban J connectivity index is 2.21. The summed E-state index contributed by atoms with van der Waals surface area (Å²) in [7, 11) is 0. The van der Waals surface area contributed by atoms with E-state index in [2.05, 4.69) is 6.92 Å². The molecule has 0 atom stereocenters. The third-order valence-corrected chi connectivity index (χ3v) is 2.82. The van der Waals surface area contributed by atoms with Crippen LogP contribution in [0.15, 0.2) is 48.5 Å². The molecule has 0 amide bonds. The maximum absolute atomic E-state index is 9.76. The highest BCUT2D eigenvalue weighted by atomic mass is 16.5. The van der Waals surface area contributed by atoms with Gasteiger partial charge in [-0.1, -0.05) is 49.7 Å². The van der Waals surface area contributed by atoms with Crippen LogP contribution in [0.1, 0.15) is 19.8 Å². The van der Waals surface area contributed by atoms with Crippen LogP contribution in [0, 0.1) is 0 Å². The Morgan fingerprint density at radius 1 is 1.00 bits per heavy atom. The lowest BCUT2D eigenvalue weighted by atomic mass is 10.1. The average Bonchev–Trinajstić information content (AvgIpc) is 2.42. The first-order chi connectivity index (χ1) is 8.81. The van der Waals surface area contributed by atoms with Crippen LogP contribution in [0.25, 0.3) is 11.1 Å². The molecule has 0 spiro atoms. The van der Waals surface area contributed by atoms with Gasteiger partial charge in [-0.15, -0.1) is 0 Å². The van der Waals surface area contributed by atoms with E-state index >= 15 is 0 Å². The summed E-state index contributed by atoms with van der Waals surface area (Å²) in [6, 6.07) is 15.5. The summed E-state index contributed by atoms with van der Waals surface area (Å²) in [5.74, 6) is 0.760. The van der Waals surface area contributed by atoms with E-state index in [1.54, 1.807) is 6.07 Å². The highest BCUT2D eigenvalue weighted by Gasteiger charge is 2.05. The Kier molecular flexibility index (Phi) is 4.24. The molecular formula is C16H18O2. The fourth-order valence-corrected chi connectivity index (χ4v) is 1.77. The third-order valence-electron chi connectivity index (χ3n) is 2.82. The molecule has 94 valence electrons. The van der Waals surface area contributed by atoms with Crippen LogP contribution in [-0.2, 0) is 0 Å². The average molecular weight is 242 g/mol. The molecule has 0 heterocycles. The minimum Gasteiger partial charge on any atom is -0.504 e. The second-order valence-corrected chi connectivity index (χ2v) is 4.25. The van der Waals surface area contributed by atoms with Gasteiger partial charge in [0.15, 0.2) is 11.5 Å². The smallest absolute Gasteiger partial charge is 0.161 e. The number of aromatic hydroxyl groups is 1. The predicted octanol–water partition coefficient (Wildman–Crippen LogP) is 4.24.